The quantitative estimate of drug-likeness (QED) is 0.473. The van der Waals surface area contributed by atoms with Gasteiger partial charge < -0.3 is 16.4 Å². The molecule has 24 heavy (non-hydrogen) atoms. The van der Waals surface area contributed by atoms with Crippen LogP contribution in [0.1, 0.15) is 11.1 Å². The van der Waals surface area contributed by atoms with Gasteiger partial charge in [0, 0.05) is 28.0 Å². The highest BCUT2D eigenvalue weighted by molar-refractivity contribution is 6.20. The van der Waals surface area contributed by atoms with Crippen molar-refractivity contribution >= 4 is 39.6 Å². The van der Waals surface area contributed by atoms with E-state index >= 15 is 0 Å². The van der Waals surface area contributed by atoms with Crippen LogP contribution in [0.3, 0.4) is 0 Å². The van der Waals surface area contributed by atoms with Crippen LogP contribution in [0.5, 0.6) is 0 Å². The number of benzene rings is 3. The van der Waals surface area contributed by atoms with Crippen LogP contribution in [0.15, 0.2) is 60.7 Å². The molecule has 1 heterocycles. The van der Waals surface area contributed by atoms with E-state index < -0.39 is 5.66 Å². The molecule has 0 saturated carbocycles. The summed E-state index contributed by atoms with van der Waals surface area (Å²) in [4.78, 5) is 0. The zero-order chi connectivity index (χ0) is 16.3. The second kappa shape index (κ2) is 4.38. The predicted octanol–water partition coefficient (Wildman–Crippen LogP) is 4.05. The summed E-state index contributed by atoms with van der Waals surface area (Å²) in [6.07, 6.45) is 4.03. The van der Waals surface area contributed by atoms with Gasteiger partial charge in [0.05, 0.1) is 5.71 Å². The molecule has 5 N–H and O–H groups in total. The first-order valence-corrected chi connectivity index (χ1v) is 7.93. The van der Waals surface area contributed by atoms with E-state index in [0.29, 0.717) is 11.4 Å². The van der Waals surface area contributed by atoms with Crippen LogP contribution >= 0.6 is 0 Å². The van der Waals surface area contributed by atoms with Gasteiger partial charge in [-0.15, -0.1) is 0 Å². The molecule has 0 fully saturated rings. The molecule has 0 saturated heterocycles. The lowest BCUT2D eigenvalue weighted by Gasteiger charge is -2.42. The molecular formula is C20H16N4. The van der Waals surface area contributed by atoms with Crippen molar-refractivity contribution in [2.45, 2.75) is 5.66 Å². The summed E-state index contributed by atoms with van der Waals surface area (Å²) >= 11 is 0. The fraction of sp³-hybridized carbons (Fsp3) is 0.0500. The first-order valence-electron chi connectivity index (χ1n) is 7.93. The number of hydrogen-bond donors (Lipinski definition) is 4. The second-order valence-corrected chi connectivity index (χ2v) is 6.29. The summed E-state index contributed by atoms with van der Waals surface area (Å²) in [5, 5.41) is 18.2. The highest BCUT2D eigenvalue weighted by Crippen LogP contribution is 2.41. The van der Waals surface area contributed by atoms with Crippen molar-refractivity contribution in [2.75, 3.05) is 16.4 Å². The molecule has 1 aliphatic carbocycles. The van der Waals surface area contributed by atoms with Crippen LogP contribution in [0.4, 0.5) is 17.1 Å². The van der Waals surface area contributed by atoms with Crippen molar-refractivity contribution in [3.63, 3.8) is 0 Å². The van der Waals surface area contributed by atoms with Crippen LogP contribution < -0.4 is 16.4 Å². The molecule has 1 aliphatic heterocycles. The largest absolute Gasteiger partial charge is 0.398 e. The molecule has 2 aliphatic rings. The van der Waals surface area contributed by atoms with Gasteiger partial charge in [0.15, 0.2) is 5.66 Å². The third kappa shape index (κ3) is 1.60. The summed E-state index contributed by atoms with van der Waals surface area (Å²) in [6, 6.07) is 18.1. The van der Waals surface area contributed by atoms with Crippen molar-refractivity contribution in [1.29, 1.82) is 5.41 Å². The highest BCUT2D eigenvalue weighted by atomic mass is 15.2. The molecular weight excluding hydrogens is 296 g/mol. The standard InChI is InChI=1S/C20H16N4/c21-14-7-1-4-13-10-11-20(19(22)17(13)14)23-15-8-2-5-12-6-3-9-16(24-20)18(12)15/h1-11,22-24H,21H2. The Morgan fingerprint density at radius 2 is 1.54 bits per heavy atom. The topological polar surface area (TPSA) is 73.9 Å². The van der Waals surface area contributed by atoms with Crippen molar-refractivity contribution < 1.29 is 0 Å². The highest BCUT2D eigenvalue weighted by Gasteiger charge is 2.40. The maximum atomic E-state index is 8.83. The lowest BCUT2D eigenvalue weighted by atomic mass is 9.84. The number of rotatable bonds is 0. The molecule has 0 amide bonds. The van der Waals surface area contributed by atoms with Gasteiger partial charge in [-0.3, -0.25) is 5.41 Å². The van der Waals surface area contributed by atoms with Crippen LogP contribution in [-0.4, -0.2) is 11.4 Å². The van der Waals surface area contributed by atoms with E-state index in [1.807, 2.05) is 42.5 Å². The third-order valence-corrected chi connectivity index (χ3v) is 4.85. The molecule has 0 aromatic heterocycles. The lowest BCUT2D eigenvalue weighted by molar-refractivity contribution is 0.854. The zero-order valence-corrected chi connectivity index (χ0v) is 12.9. The van der Waals surface area contributed by atoms with Crippen molar-refractivity contribution in [3.8, 4) is 0 Å². The zero-order valence-electron chi connectivity index (χ0n) is 12.9. The Hall–Kier alpha value is -3.27. The second-order valence-electron chi connectivity index (χ2n) is 6.29. The van der Waals surface area contributed by atoms with Gasteiger partial charge in [-0.05, 0) is 35.2 Å². The van der Waals surface area contributed by atoms with E-state index in [4.69, 9.17) is 11.1 Å². The predicted molar refractivity (Wildman–Crippen MR) is 101 cm³/mol. The molecule has 0 radical (unpaired) electrons. The number of fused-ring (bicyclic) bond motifs is 1. The molecule has 1 spiro atoms. The summed E-state index contributed by atoms with van der Waals surface area (Å²) in [5.41, 5.74) is 10.2. The number of nitrogens with one attached hydrogen (secondary N) is 3. The van der Waals surface area contributed by atoms with Gasteiger partial charge in [0.1, 0.15) is 0 Å². The van der Waals surface area contributed by atoms with Crippen molar-refractivity contribution in [2.24, 2.45) is 0 Å². The molecule has 5 rings (SSSR count). The van der Waals surface area contributed by atoms with Gasteiger partial charge in [0.25, 0.3) is 0 Å². The van der Waals surface area contributed by atoms with Crippen molar-refractivity contribution in [3.05, 3.63) is 71.8 Å². The van der Waals surface area contributed by atoms with Crippen LogP contribution in [0.2, 0.25) is 0 Å². The van der Waals surface area contributed by atoms with E-state index in [0.717, 1.165) is 27.9 Å². The Morgan fingerprint density at radius 1 is 0.875 bits per heavy atom. The molecule has 4 heteroatoms. The Kier molecular flexibility index (Phi) is 2.41. The van der Waals surface area contributed by atoms with Gasteiger partial charge >= 0.3 is 0 Å². The average Bonchev–Trinajstić information content (AvgIpc) is 2.59. The summed E-state index contributed by atoms with van der Waals surface area (Å²) in [5.74, 6) is 0. The van der Waals surface area contributed by atoms with Gasteiger partial charge in [0.2, 0.25) is 0 Å². The Balaban J connectivity index is 1.72. The normalized spacial score (nSPS) is 16.6. The van der Waals surface area contributed by atoms with Gasteiger partial charge in [-0.1, -0.05) is 42.5 Å². The van der Waals surface area contributed by atoms with E-state index in [-0.39, 0.29) is 0 Å². The molecule has 0 unspecified atom stereocenters. The van der Waals surface area contributed by atoms with Crippen molar-refractivity contribution in [1.82, 2.24) is 0 Å². The van der Waals surface area contributed by atoms with E-state index in [1.165, 1.54) is 5.39 Å². The fourth-order valence-corrected chi connectivity index (χ4v) is 3.73. The maximum absolute atomic E-state index is 8.83. The molecule has 3 aromatic rings. The van der Waals surface area contributed by atoms with Crippen LogP contribution in [0, 0.1) is 5.41 Å². The first-order chi connectivity index (χ1) is 11.7. The first kappa shape index (κ1) is 13.2. The smallest absolute Gasteiger partial charge is 0.172 e. The average molecular weight is 312 g/mol. The number of nitrogens with two attached hydrogens (primary N) is 1. The molecule has 3 aromatic carbocycles. The molecule has 0 bridgehead atoms. The van der Waals surface area contributed by atoms with Crippen LogP contribution in [-0.2, 0) is 0 Å². The minimum atomic E-state index is -0.787. The third-order valence-electron chi connectivity index (χ3n) is 4.85. The monoisotopic (exact) mass is 312 g/mol. The Morgan fingerprint density at radius 3 is 2.25 bits per heavy atom. The Labute approximate surface area is 139 Å². The van der Waals surface area contributed by atoms with Gasteiger partial charge in [-0.25, -0.2) is 0 Å². The number of hydrogen-bond acceptors (Lipinski definition) is 4. The Bertz CT molecular complexity index is 1010. The minimum Gasteiger partial charge on any atom is -0.398 e. The fourth-order valence-electron chi connectivity index (χ4n) is 3.73. The van der Waals surface area contributed by atoms with E-state index in [9.17, 15) is 0 Å². The maximum Gasteiger partial charge on any atom is 0.172 e. The van der Waals surface area contributed by atoms with E-state index in [1.54, 1.807) is 0 Å². The molecule has 116 valence electrons. The van der Waals surface area contributed by atoms with Crippen LogP contribution in [0.25, 0.3) is 16.8 Å². The molecule has 0 atom stereocenters. The summed E-state index contributed by atoms with van der Waals surface area (Å²) in [6.45, 7) is 0. The lowest BCUT2D eigenvalue weighted by Crippen LogP contribution is -2.54. The van der Waals surface area contributed by atoms with E-state index in [2.05, 4.69) is 34.9 Å². The SMILES string of the molecule is N=C1c2c(N)cccc2C=CC12Nc1cccc3cccc(c13)N2. The van der Waals surface area contributed by atoms with Gasteiger partial charge in [-0.2, -0.15) is 0 Å². The minimum absolute atomic E-state index is 0.435. The molecule has 4 nitrogen and oxygen atoms in total. The summed E-state index contributed by atoms with van der Waals surface area (Å²) in [7, 11) is 0. The number of nitrogen functional groups attached to an aromatic ring is 1. The summed E-state index contributed by atoms with van der Waals surface area (Å²) < 4.78 is 0. The number of anilines is 3.